The van der Waals surface area contributed by atoms with Crippen molar-refractivity contribution in [1.29, 1.82) is 0 Å². The molecule has 4 rings (SSSR count). The fourth-order valence-electron chi connectivity index (χ4n) is 4.27. The van der Waals surface area contributed by atoms with Gasteiger partial charge in [-0.2, -0.15) is 4.31 Å². The molecule has 1 amide bonds. The van der Waals surface area contributed by atoms with Gasteiger partial charge >= 0.3 is 0 Å². The van der Waals surface area contributed by atoms with E-state index in [4.69, 9.17) is 0 Å². The smallest absolute Gasteiger partial charge is 0.243 e. The van der Waals surface area contributed by atoms with E-state index in [9.17, 15) is 13.2 Å². The van der Waals surface area contributed by atoms with Crippen LogP contribution in [0.15, 0.2) is 89.8 Å². The summed E-state index contributed by atoms with van der Waals surface area (Å²) in [4.78, 5) is 13.6. The van der Waals surface area contributed by atoms with Crippen molar-refractivity contribution < 1.29 is 13.2 Å². The number of hydrogen-bond acceptors (Lipinski definition) is 3. The van der Waals surface area contributed by atoms with Crippen LogP contribution in [0.2, 0.25) is 0 Å². The fraction of sp³-hybridized carbons (Fsp3) is 0.269. The van der Waals surface area contributed by atoms with Crippen molar-refractivity contribution in [1.82, 2.24) is 9.62 Å². The topological polar surface area (TPSA) is 66.5 Å². The molecule has 0 bridgehead atoms. The van der Waals surface area contributed by atoms with Crippen molar-refractivity contribution in [3.63, 3.8) is 0 Å². The molecule has 6 heteroatoms. The van der Waals surface area contributed by atoms with E-state index in [1.807, 2.05) is 61.5 Å². The highest BCUT2D eigenvalue weighted by Gasteiger charge is 2.34. The second-order valence-electron chi connectivity index (χ2n) is 8.22. The maximum atomic E-state index is 13.3. The zero-order chi connectivity index (χ0) is 22.6. The van der Waals surface area contributed by atoms with Gasteiger partial charge in [0.1, 0.15) is 0 Å². The van der Waals surface area contributed by atoms with Gasteiger partial charge in [0.05, 0.1) is 16.9 Å². The van der Waals surface area contributed by atoms with Crippen LogP contribution < -0.4 is 5.32 Å². The molecule has 0 aliphatic carbocycles. The first kappa shape index (κ1) is 22.2. The second kappa shape index (κ2) is 9.67. The van der Waals surface area contributed by atoms with Gasteiger partial charge in [-0.05, 0) is 48.6 Å². The maximum absolute atomic E-state index is 13.3. The highest BCUT2D eigenvalue weighted by molar-refractivity contribution is 7.89. The lowest BCUT2D eigenvalue weighted by Gasteiger charge is -2.32. The summed E-state index contributed by atoms with van der Waals surface area (Å²) in [5.41, 5.74) is 3.13. The summed E-state index contributed by atoms with van der Waals surface area (Å²) < 4.78 is 27.6. The van der Waals surface area contributed by atoms with Crippen molar-refractivity contribution in [3.8, 4) is 0 Å². The predicted octanol–water partition coefficient (Wildman–Crippen LogP) is 4.30. The number of hydrogen-bond donors (Lipinski definition) is 1. The molecule has 1 saturated heterocycles. The van der Waals surface area contributed by atoms with E-state index in [1.165, 1.54) is 4.31 Å². The highest BCUT2D eigenvalue weighted by atomic mass is 32.2. The molecule has 3 aromatic rings. The molecule has 1 heterocycles. The van der Waals surface area contributed by atoms with E-state index in [1.54, 1.807) is 30.3 Å². The number of amides is 1. The van der Waals surface area contributed by atoms with Crippen LogP contribution in [0.4, 0.5) is 0 Å². The van der Waals surface area contributed by atoms with Crippen LogP contribution in [0.5, 0.6) is 0 Å². The SMILES string of the molecule is Cc1ccccc1[C@H](NC(=O)[C@H]1CCCN(S(=O)(=O)c2ccccc2)C1)c1ccccc1. The molecule has 1 aliphatic heterocycles. The van der Waals surface area contributed by atoms with E-state index < -0.39 is 15.9 Å². The third-order valence-electron chi connectivity index (χ3n) is 6.05. The number of benzene rings is 3. The van der Waals surface area contributed by atoms with Crippen LogP contribution in [0.25, 0.3) is 0 Å². The van der Waals surface area contributed by atoms with Gasteiger partial charge in [0, 0.05) is 13.1 Å². The second-order valence-corrected chi connectivity index (χ2v) is 10.2. The molecule has 3 aromatic carbocycles. The summed E-state index contributed by atoms with van der Waals surface area (Å²) in [6, 6.07) is 26.0. The van der Waals surface area contributed by atoms with E-state index in [2.05, 4.69) is 5.32 Å². The monoisotopic (exact) mass is 448 g/mol. The lowest BCUT2D eigenvalue weighted by atomic mass is 9.93. The van der Waals surface area contributed by atoms with Crippen LogP contribution in [0, 0.1) is 12.8 Å². The Kier molecular flexibility index (Phi) is 6.72. The van der Waals surface area contributed by atoms with Crippen LogP contribution >= 0.6 is 0 Å². The molecule has 1 fully saturated rings. The number of carbonyl (C=O) groups is 1. The molecule has 1 aliphatic rings. The zero-order valence-corrected chi connectivity index (χ0v) is 19.0. The first-order valence-electron chi connectivity index (χ1n) is 10.9. The van der Waals surface area contributed by atoms with Gasteiger partial charge in [-0.3, -0.25) is 4.79 Å². The minimum absolute atomic E-state index is 0.116. The summed E-state index contributed by atoms with van der Waals surface area (Å²) in [5.74, 6) is -0.507. The van der Waals surface area contributed by atoms with Crippen LogP contribution in [0.1, 0.15) is 35.6 Å². The van der Waals surface area contributed by atoms with Crippen molar-refractivity contribution in [2.75, 3.05) is 13.1 Å². The molecule has 0 spiro atoms. The van der Waals surface area contributed by atoms with Gasteiger partial charge in [-0.25, -0.2) is 8.42 Å². The van der Waals surface area contributed by atoms with Gasteiger partial charge in [-0.1, -0.05) is 72.8 Å². The Morgan fingerprint density at radius 3 is 2.25 bits per heavy atom. The average molecular weight is 449 g/mol. The standard InChI is InChI=1S/C26H28N2O3S/c1-20-11-8-9-17-24(20)25(21-12-4-2-5-13-21)27-26(29)22-14-10-18-28(19-22)32(30,31)23-15-6-3-7-16-23/h2-9,11-13,15-17,22,25H,10,14,18-19H2,1H3,(H,27,29)/t22-,25+/m0/s1. The Bertz CT molecular complexity index is 1160. The fourth-order valence-corrected chi connectivity index (χ4v) is 5.82. The molecular weight excluding hydrogens is 420 g/mol. The van der Waals surface area contributed by atoms with Crippen molar-refractivity contribution in [2.45, 2.75) is 30.7 Å². The molecule has 5 nitrogen and oxygen atoms in total. The van der Waals surface area contributed by atoms with Gasteiger partial charge in [0.2, 0.25) is 15.9 Å². The quantitative estimate of drug-likeness (QED) is 0.611. The van der Waals surface area contributed by atoms with E-state index in [0.717, 1.165) is 16.7 Å². The Hall–Kier alpha value is -2.96. The number of sulfonamides is 1. The van der Waals surface area contributed by atoms with Gasteiger partial charge in [0.15, 0.2) is 0 Å². The minimum Gasteiger partial charge on any atom is -0.345 e. The lowest BCUT2D eigenvalue weighted by Crippen LogP contribution is -2.46. The Morgan fingerprint density at radius 2 is 1.56 bits per heavy atom. The summed E-state index contributed by atoms with van der Waals surface area (Å²) in [6.45, 7) is 2.66. The summed E-state index contributed by atoms with van der Waals surface area (Å²) >= 11 is 0. The molecule has 1 N–H and O–H groups in total. The van der Waals surface area contributed by atoms with E-state index in [-0.39, 0.29) is 23.4 Å². The molecule has 0 saturated carbocycles. The average Bonchev–Trinajstić information content (AvgIpc) is 2.84. The minimum atomic E-state index is -3.61. The Labute approximate surface area is 190 Å². The molecule has 0 radical (unpaired) electrons. The largest absolute Gasteiger partial charge is 0.345 e. The third kappa shape index (κ3) is 4.76. The Balaban J connectivity index is 1.55. The summed E-state index contributed by atoms with van der Waals surface area (Å²) in [5, 5.41) is 3.21. The summed E-state index contributed by atoms with van der Waals surface area (Å²) in [6.07, 6.45) is 1.33. The van der Waals surface area contributed by atoms with Crippen LogP contribution in [-0.4, -0.2) is 31.7 Å². The van der Waals surface area contributed by atoms with Crippen molar-refractivity contribution >= 4 is 15.9 Å². The molecular formula is C26H28N2O3S. The van der Waals surface area contributed by atoms with Crippen molar-refractivity contribution in [3.05, 3.63) is 102 Å². The van der Waals surface area contributed by atoms with Gasteiger partial charge < -0.3 is 5.32 Å². The van der Waals surface area contributed by atoms with Crippen LogP contribution in [0.3, 0.4) is 0 Å². The number of nitrogens with zero attached hydrogens (tertiary/aromatic N) is 1. The molecule has 2 atom stereocenters. The zero-order valence-electron chi connectivity index (χ0n) is 18.1. The first-order valence-corrected chi connectivity index (χ1v) is 12.4. The Morgan fingerprint density at radius 1 is 0.938 bits per heavy atom. The van der Waals surface area contributed by atoms with E-state index >= 15 is 0 Å². The number of nitrogens with one attached hydrogen (secondary N) is 1. The molecule has 0 unspecified atom stereocenters. The lowest BCUT2D eigenvalue weighted by molar-refractivity contribution is -0.126. The molecule has 0 aromatic heterocycles. The van der Waals surface area contributed by atoms with Gasteiger partial charge in [-0.15, -0.1) is 0 Å². The van der Waals surface area contributed by atoms with Gasteiger partial charge in [0.25, 0.3) is 0 Å². The number of rotatable bonds is 6. The normalized spacial score (nSPS) is 18.1. The maximum Gasteiger partial charge on any atom is 0.243 e. The van der Waals surface area contributed by atoms with E-state index in [0.29, 0.717) is 19.4 Å². The first-order chi connectivity index (χ1) is 15.5. The number of aryl methyl sites for hydroxylation is 1. The third-order valence-corrected chi connectivity index (χ3v) is 7.93. The van der Waals surface area contributed by atoms with Crippen molar-refractivity contribution in [2.24, 2.45) is 5.92 Å². The predicted molar refractivity (Wildman–Crippen MR) is 126 cm³/mol. The number of piperidine rings is 1. The molecule has 166 valence electrons. The number of carbonyl (C=O) groups excluding carboxylic acids is 1. The highest BCUT2D eigenvalue weighted by Crippen LogP contribution is 2.28. The molecule has 32 heavy (non-hydrogen) atoms. The van der Waals surface area contributed by atoms with Crippen LogP contribution in [-0.2, 0) is 14.8 Å². The summed E-state index contributed by atoms with van der Waals surface area (Å²) in [7, 11) is -3.61.